The molecule has 0 saturated carbocycles. The second-order valence-corrected chi connectivity index (χ2v) is 16.3. The number of ether oxygens (including phenoxy) is 2. The predicted molar refractivity (Wildman–Crippen MR) is 165 cm³/mol. The van der Waals surface area contributed by atoms with Crippen LogP contribution in [0, 0.1) is 6.92 Å². The molecule has 1 saturated heterocycles. The summed E-state index contributed by atoms with van der Waals surface area (Å²) in [7, 11) is -1.79. The van der Waals surface area contributed by atoms with Crippen LogP contribution in [0.25, 0.3) is 0 Å². The number of carbonyl (C=O) groups excluding carboxylic acids is 1. The zero-order chi connectivity index (χ0) is 30.8. The maximum atomic E-state index is 12.5. The van der Waals surface area contributed by atoms with Crippen molar-refractivity contribution in [2.45, 2.75) is 51.3 Å². The molecule has 2 N–H and O–H groups in total. The van der Waals surface area contributed by atoms with E-state index in [4.69, 9.17) is 37.1 Å². The molecule has 0 aliphatic carbocycles. The van der Waals surface area contributed by atoms with Crippen molar-refractivity contribution in [1.29, 1.82) is 0 Å². The first-order chi connectivity index (χ1) is 19.8. The molecule has 1 heterocycles. The first-order valence-electron chi connectivity index (χ1n) is 13.5. The number of esters is 1. The van der Waals surface area contributed by atoms with Crippen molar-refractivity contribution >= 4 is 54.0 Å². The number of hydrogen-bond donors (Lipinski definition) is 2. The third-order valence-electron chi connectivity index (χ3n) is 7.72. The van der Waals surface area contributed by atoms with Crippen molar-refractivity contribution in [3.05, 3.63) is 81.8 Å². The molecular formula is C31H35Cl2NO7Si. The lowest BCUT2D eigenvalue weighted by molar-refractivity contribution is 0.0589. The van der Waals surface area contributed by atoms with Crippen LogP contribution in [0.15, 0.2) is 60.7 Å². The van der Waals surface area contributed by atoms with Gasteiger partial charge in [0.15, 0.2) is 11.5 Å². The maximum Gasteiger partial charge on any atom is 0.407 e. The molecule has 1 aliphatic rings. The molecule has 1 fully saturated rings. The topological polar surface area (TPSA) is 106 Å². The fraction of sp³-hybridized carbons (Fsp3) is 0.355. The van der Waals surface area contributed by atoms with Crippen LogP contribution in [-0.2, 0) is 9.16 Å². The number of hydrogen-bond acceptors (Lipinski definition) is 6. The average Bonchev–Trinajstić information content (AvgIpc) is 3.38. The number of nitrogens with zero attached hydrogens (tertiary/aromatic N) is 1. The average molecular weight is 633 g/mol. The van der Waals surface area contributed by atoms with E-state index in [1.54, 1.807) is 6.92 Å². The van der Waals surface area contributed by atoms with E-state index >= 15 is 0 Å². The highest BCUT2D eigenvalue weighted by molar-refractivity contribution is 6.99. The van der Waals surface area contributed by atoms with Gasteiger partial charge >= 0.3 is 12.1 Å². The predicted octanol–water partition coefficient (Wildman–Crippen LogP) is 5.87. The molecule has 2 atom stereocenters. The first-order valence-corrected chi connectivity index (χ1v) is 16.2. The summed E-state index contributed by atoms with van der Waals surface area (Å²) in [5.74, 6) is -1.53. The van der Waals surface area contributed by atoms with Crippen LogP contribution in [0.2, 0.25) is 15.1 Å². The van der Waals surface area contributed by atoms with Gasteiger partial charge in [0, 0.05) is 6.54 Å². The number of benzene rings is 3. The molecule has 0 unspecified atom stereocenters. The van der Waals surface area contributed by atoms with E-state index in [2.05, 4.69) is 45.0 Å². The van der Waals surface area contributed by atoms with Gasteiger partial charge < -0.3 is 24.1 Å². The molecule has 3 aromatic carbocycles. The van der Waals surface area contributed by atoms with Gasteiger partial charge in [-0.3, -0.25) is 4.90 Å². The number of rotatable bonds is 8. The third kappa shape index (κ3) is 5.83. The van der Waals surface area contributed by atoms with Crippen LogP contribution in [0.4, 0.5) is 4.79 Å². The van der Waals surface area contributed by atoms with Crippen molar-refractivity contribution in [3.63, 3.8) is 0 Å². The van der Waals surface area contributed by atoms with Crippen LogP contribution < -0.4 is 15.1 Å². The fourth-order valence-corrected chi connectivity index (χ4v) is 10.8. The van der Waals surface area contributed by atoms with Crippen molar-refractivity contribution in [3.8, 4) is 11.5 Å². The molecule has 8 nitrogen and oxygen atoms in total. The number of carbonyl (C=O) groups is 2. The van der Waals surface area contributed by atoms with Crippen LogP contribution in [0.5, 0.6) is 11.5 Å². The minimum atomic E-state index is -2.94. The molecule has 0 bridgehead atoms. The van der Waals surface area contributed by atoms with E-state index in [0.29, 0.717) is 12.0 Å². The number of aromatic hydroxyl groups is 1. The number of methoxy groups -OCH3 is 1. The normalized spacial score (nSPS) is 17.3. The molecule has 0 aromatic heterocycles. The van der Waals surface area contributed by atoms with Gasteiger partial charge in [-0.15, -0.1) is 0 Å². The molecule has 0 radical (unpaired) electrons. The van der Waals surface area contributed by atoms with Crippen LogP contribution in [0.3, 0.4) is 0 Å². The Kier molecular flexibility index (Phi) is 9.47. The summed E-state index contributed by atoms with van der Waals surface area (Å²) < 4.78 is 18.0. The lowest BCUT2D eigenvalue weighted by atomic mass is 10.1. The van der Waals surface area contributed by atoms with E-state index in [9.17, 15) is 19.8 Å². The van der Waals surface area contributed by atoms with Gasteiger partial charge in [0.25, 0.3) is 8.32 Å². The number of phenols is 1. The van der Waals surface area contributed by atoms with E-state index in [1.807, 2.05) is 36.4 Å². The summed E-state index contributed by atoms with van der Waals surface area (Å²) in [4.78, 5) is 26.2. The Bertz CT molecular complexity index is 1410. The second kappa shape index (κ2) is 12.5. The summed E-state index contributed by atoms with van der Waals surface area (Å²) in [5.41, 5.74) is -0.00836. The molecule has 1 aliphatic heterocycles. The van der Waals surface area contributed by atoms with Gasteiger partial charge in [-0.05, 0) is 34.3 Å². The first kappa shape index (κ1) is 31.7. The monoisotopic (exact) mass is 631 g/mol. The Labute approximate surface area is 256 Å². The van der Waals surface area contributed by atoms with Crippen LogP contribution in [-0.4, -0.2) is 67.9 Å². The summed E-state index contributed by atoms with van der Waals surface area (Å²) in [6.07, 6.45) is -1.20. The SMILES string of the molecule is COC(=O)c1c(O)c(Cl)c(C)c(Cl)c1OC[C@H]1C[C@@H](O[Si](c2ccccc2)(c2ccccc2)C(C)(C)C)CN1C(=O)O. The Morgan fingerprint density at radius 1 is 1.00 bits per heavy atom. The number of amides is 1. The molecule has 4 rings (SSSR count). The van der Waals surface area contributed by atoms with Crippen molar-refractivity contribution in [1.82, 2.24) is 4.90 Å². The summed E-state index contributed by atoms with van der Waals surface area (Å²) in [5, 5.41) is 22.5. The van der Waals surface area contributed by atoms with Gasteiger partial charge in [0.1, 0.15) is 12.2 Å². The van der Waals surface area contributed by atoms with Gasteiger partial charge in [0.05, 0.1) is 29.3 Å². The smallest absolute Gasteiger partial charge is 0.407 e. The van der Waals surface area contributed by atoms with Crippen LogP contribution in [0.1, 0.15) is 43.1 Å². The lowest BCUT2D eigenvalue weighted by Gasteiger charge is -2.44. The lowest BCUT2D eigenvalue weighted by Crippen LogP contribution is -2.67. The third-order valence-corrected chi connectivity index (χ3v) is 13.7. The number of likely N-dealkylation sites (tertiary alicyclic amines) is 1. The zero-order valence-electron chi connectivity index (χ0n) is 24.2. The largest absolute Gasteiger partial charge is 0.505 e. The minimum Gasteiger partial charge on any atom is -0.505 e. The number of halogens is 2. The van der Waals surface area contributed by atoms with Gasteiger partial charge in [-0.1, -0.05) is 105 Å². The Morgan fingerprint density at radius 3 is 2.02 bits per heavy atom. The molecular weight excluding hydrogens is 597 g/mol. The quantitative estimate of drug-likeness (QED) is 0.237. The Balaban J connectivity index is 1.69. The van der Waals surface area contributed by atoms with Crippen molar-refractivity contribution in [2.75, 3.05) is 20.3 Å². The summed E-state index contributed by atoms with van der Waals surface area (Å²) in [6, 6.07) is 19.6. The summed E-state index contributed by atoms with van der Waals surface area (Å²) >= 11 is 12.7. The zero-order valence-corrected chi connectivity index (χ0v) is 26.7. The molecule has 3 aromatic rings. The van der Waals surface area contributed by atoms with Gasteiger partial charge in [-0.2, -0.15) is 0 Å². The van der Waals surface area contributed by atoms with E-state index in [-0.39, 0.29) is 39.5 Å². The van der Waals surface area contributed by atoms with Gasteiger partial charge in [-0.25, -0.2) is 9.59 Å². The maximum absolute atomic E-state index is 12.5. The van der Waals surface area contributed by atoms with E-state index < -0.39 is 38.3 Å². The molecule has 42 heavy (non-hydrogen) atoms. The highest BCUT2D eigenvalue weighted by atomic mass is 35.5. The number of carboxylic acid groups (broad SMARTS) is 1. The van der Waals surface area contributed by atoms with Crippen molar-refractivity contribution in [2.24, 2.45) is 0 Å². The van der Waals surface area contributed by atoms with E-state index in [0.717, 1.165) is 17.5 Å². The van der Waals surface area contributed by atoms with Crippen molar-refractivity contribution < 1.29 is 33.7 Å². The fourth-order valence-electron chi connectivity index (χ4n) is 5.67. The Hall–Kier alpha value is -3.24. The summed E-state index contributed by atoms with van der Waals surface area (Å²) in [6.45, 7) is 8.05. The van der Waals surface area contributed by atoms with E-state index in [1.165, 1.54) is 4.90 Å². The molecule has 1 amide bonds. The Morgan fingerprint density at radius 2 is 1.55 bits per heavy atom. The highest BCUT2D eigenvalue weighted by Crippen LogP contribution is 2.45. The number of phenolic OH excluding ortho intramolecular Hbond substituents is 1. The second-order valence-electron chi connectivity index (χ2n) is 11.3. The van der Waals surface area contributed by atoms with Crippen LogP contribution >= 0.6 is 23.2 Å². The molecule has 224 valence electrons. The molecule has 11 heteroatoms. The standard InChI is InChI=1S/C31H35Cl2NO7Si/c1-19-25(32)27(35)24(29(36)39-5)28(26(19)33)40-18-20-16-21(17-34(20)30(37)38)41-42(31(2,3)4,22-12-8-6-9-13-22)23-14-10-7-11-15-23/h6-15,20-21,35H,16-18H2,1-5H3,(H,37,38)/t20-,21-/m1/s1. The highest BCUT2D eigenvalue weighted by Gasteiger charge is 2.53. The minimum absolute atomic E-state index is 0.0261. The molecule has 0 spiro atoms. The van der Waals surface area contributed by atoms with Gasteiger partial charge in [0.2, 0.25) is 0 Å².